The third kappa shape index (κ3) is 1.86. The van der Waals surface area contributed by atoms with Crippen LogP contribution in [-0.4, -0.2) is 5.11 Å². The van der Waals surface area contributed by atoms with Gasteiger partial charge in [-0.15, -0.1) is 0 Å². The van der Waals surface area contributed by atoms with Crippen molar-refractivity contribution in [2.75, 3.05) is 0 Å². The number of benzene rings is 2. The van der Waals surface area contributed by atoms with E-state index in [2.05, 4.69) is 12.1 Å². The van der Waals surface area contributed by atoms with Gasteiger partial charge in [-0.25, -0.2) is 0 Å². The summed E-state index contributed by atoms with van der Waals surface area (Å²) >= 11 is 5.97. The van der Waals surface area contributed by atoms with Gasteiger partial charge in [-0.3, -0.25) is 0 Å². The maximum Gasteiger partial charge on any atom is 0.0802 e. The molecule has 0 aliphatic heterocycles. The summed E-state index contributed by atoms with van der Waals surface area (Å²) in [5, 5.41) is 10.8. The molecule has 86 valence electrons. The normalized spacial score (nSPS) is 22.5. The third-order valence-corrected chi connectivity index (χ3v) is 3.68. The molecule has 2 heteroatoms. The van der Waals surface area contributed by atoms with Crippen LogP contribution in [0.15, 0.2) is 48.5 Å². The number of fused-ring (bicyclic) bond motifs is 1. The fraction of sp³-hybridized carbons (Fsp3) is 0.200. The minimum Gasteiger partial charge on any atom is -0.388 e. The zero-order valence-electron chi connectivity index (χ0n) is 9.31. The molecule has 1 aliphatic carbocycles. The molecule has 0 aromatic heterocycles. The lowest BCUT2D eigenvalue weighted by Gasteiger charge is -2.11. The van der Waals surface area contributed by atoms with Crippen molar-refractivity contribution in [2.24, 2.45) is 0 Å². The average molecular weight is 245 g/mol. The average Bonchev–Trinajstić information content (AvgIpc) is 2.68. The molecule has 0 radical (unpaired) electrons. The fourth-order valence-electron chi connectivity index (χ4n) is 2.63. The first-order valence-electron chi connectivity index (χ1n) is 5.78. The first-order valence-corrected chi connectivity index (χ1v) is 6.16. The highest BCUT2D eigenvalue weighted by Crippen LogP contribution is 2.44. The first-order chi connectivity index (χ1) is 8.25. The Labute approximate surface area is 106 Å². The Balaban J connectivity index is 2.08. The zero-order valence-corrected chi connectivity index (χ0v) is 10.1. The van der Waals surface area contributed by atoms with Gasteiger partial charge in [0.1, 0.15) is 0 Å². The second kappa shape index (κ2) is 4.17. The van der Waals surface area contributed by atoms with Crippen LogP contribution in [0.3, 0.4) is 0 Å². The third-order valence-electron chi connectivity index (χ3n) is 3.44. The van der Waals surface area contributed by atoms with E-state index in [-0.39, 0.29) is 0 Å². The number of hydrogen-bond donors (Lipinski definition) is 1. The lowest BCUT2D eigenvalue weighted by molar-refractivity contribution is 0.176. The van der Waals surface area contributed by atoms with Crippen molar-refractivity contribution in [3.63, 3.8) is 0 Å². The summed E-state index contributed by atoms with van der Waals surface area (Å²) in [4.78, 5) is 0. The monoisotopic (exact) mass is 244 g/mol. The van der Waals surface area contributed by atoms with Crippen LogP contribution >= 0.6 is 11.6 Å². The van der Waals surface area contributed by atoms with Crippen LogP contribution in [0, 0.1) is 0 Å². The molecule has 0 spiro atoms. The van der Waals surface area contributed by atoms with E-state index in [0.717, 1.165) is 12.0 Å². The number of aliphatic hydroxyl groups excluding tert-OH is 1. The Hall–Kier alpha value is -1.31. The van der Waals surface area contributed by atoms with E-state index in [9.17, 15) is 5.11 Å². The van der Waals surface area contributed by atoms with Crippen molar-refractivity contribution in [1.29, 1.82) is 0 Å². The Kier molecular flexibility index (Phi) is 2.65. The zero-order chi connectivity index (χ0) is 11.8. The summed E-state index contributed by atoms with van der Waals surface area (Å²) in [6.07, 6.45) is 0.355. The van der Waals surface area contributed by atoms with Gasteiger partial charge >= 0.3 is 0 Å². The van der Waals surface area contributed by atoms with Crippen molar-refractivity contribution >= 4 is 11.6 Å². The molecule has 0 saturated heterocycles. The molecule has 1 nitrogen and oxygen atoms in total. The quantitative estimate of drug-likeness (QED) is 0.807. The largest absolute Gasteiger partial charge is 0.388 e. The van der Waals surface area contributed by atoms with Crippen molar-refractivity contribution in [1.82, 2.24) is 0 Å². The second-order valence-electron chi connectivity index (χ2n) is 4.49. The molecular weight excluding hydrogens is 232 g/mol. The number of aliphatic hydroxyl groups is 1. The molecule has 1 N–H and O–H groups in total. The molecule has 2 aromatic carbocycles. The maximum atomic E-state index is 10.1. The van der Waals surface area contributed by atoms with Crippen LogP contribution < -0.4 is 0 Å². The predicted molar refractivity (Wildman–Crippen MR) is 69.3 cm³/mol. The van der Waals surface area contributed by atoms with Crippen LogP contribution in [0.2, 0.25) is 5.02 Å². The summed E-state index contributed by atoms with van der Waals surface area (Å²) in [6.45, 7) is 0. The second-order valence-corrected chi connectivity index (χ2v) is 4.92. The standard InChI is InChI=1S/C15H13ClO/c16-11-6-7-12-13(9-15(17)14(12)8-11)10-4-2-1-3-5-10/h1-8,13,15,17H,9H2/t13?,15-/m1/s1. The van der Waals surface area contributed by atoms with Crippen molar-refractivity contribution < 1.29 is 5.11 Å². The van der Waals surface area contributed by atoms with Gasteiger partial charge in [0.25, 0.3) is 0 Å². The highest BCUT2D eigenvalue weighted by atomic mass is 35.5. The highest BCUT2D eigenvalue weighted by molar-refractivity contribution is 6.30. The van der Waals surface area contributed by atoms with Crippen molar-refractivity contribution in [3.8, 4) is 0 Å². The van der Waals surface area contributed by atoms with E-state index in [1.165, 1.54) is 11.1 Å². The van der Waals surface area contributed by atoms with E-state index >= 15 is 0 Å². The summed E-state index contributed by atoms with van der Waals surface area (Å²) in [5.41, 5.74) is 3.44. The predicted octanol–water partition coefficient (Wildman–Crippen LogP) is 3.91. The number of rotatable bonds is 1. The minimum absolute atomic E-state index is 0.290. The van der Waals surface area contributed by atoms with Gasteiger partial charge in [0, 0.05) is 10.9 Å². The highest BCUT2D eigenvalue weighted by Gasteiger charge is 2.30. The topological polar surface area (TPSA) is 20.2 Å². The number of hydrogen-bond acceptors (Lipinski definition) is 1. The van der Waals surface area contributed by atoms with Crippen LogP contribution in [-0.2, 0) is 0 Å². The van der Waals surface area contributed by atoms with Crippen LogP contribution in [0.25, 0.3) is 0 Å². The molecule has 3 rings (SSSR count). The van der Waals surface area contributed by atoms with Gasteiger partial charge in [0.05, 0.1) is 6.10 Å². The van der Waals surface area contributed by atoms with Gasteiger partial charge in [-0.2, -0.15) is 0 Å². The van der Waals surface area contributed by atoms with Crippen LogP contribution in [0.1, 0.15) is 35.1 Å². The maximum absolute atomic E-state index is 10.1. The Bertz CT molecular complexity index is 536. The Morgan fingerprint density at radius 1 is 1.00 bits per heavy atom. The van der Waals surface area contributed by atoms with Gasteiger partial charge in [-0.05, 0) is 35.2 Å². The lowest BCUT2D eigenvalue weighted by Crippen LogP contribution is -1.95. The van der Waals surface area contributed by atoms with E-state index in [1.54, 1.807) is 0 Å². The first kappa shape index (κ1) is 10.8. The molecule has 17 heavy (non-hydrogen) atoms. The fourth-order valence-corrected chi connectivity index (χ4v) is 2.81. The van der Waals surface area contributed by atoms with Gasteiger partial charge < -0.3 is 5.11 Å². The van der Waals surface area contributed by atoms with E-state index in [1.807, 2.05) is 36.4 Å². The van der Waals surface area contributed by atoms with Crippen LogP contribution in [0.5, 0.6) is 0 Å². The molecule has 1 unspecified atom stereocenters. The Morgan fingerprint density at radius 3 is 2.53 bits per heavy atom. The number of halogens is 1. The summed E-state index contributed by atoms with van der Waals surface area (Å²) < 4.78 is 0. The molecule has 0 saturated carbocycles. The smallest absolute Gasteiger partial charge is 0.0802 e. The van der Waals surface area contributed by atoms with E-state index in [4.69, 9.17) is 11.6 Å². The molecule has 0 fully saturated rings. The molecule has 2 atom stereocenters. The summed E-state index contributed by atoms with van der Waals surface area (Å²) in [5.74, 6) is 0.290. The lowest BCUT2D eigenvalue weighted by atomic mass is 9.93. The van der Waals surface area contributed by atoms with Crippen molar-refractivity contribution in [3.05, 3.63) is 70.2 Å². The van der Waals surface area contributed by atoms with Crippen LogP contribution in [0.4, 0.5) is 0 Å². The van der Waals surface area contributed by atoms with Gasteiger partial charge in [0.15, 0.2) is 0 Å². The Morgan fingerprint density at radius 2 is 1.76 bits per heavy atom. The van der Waals surface area contributed by atoms with E-state index < -0.39 is 6.10 Å². The van der Waals surface area contributed by atoms with Crippen molar-refractivity contribution in [2.45, 2.75) is 18.4 Å². The summed E-state index contributed by atoms with van der Waals surface area (Å²) in [6, 6.07) is 16.1. The summed E-state index contributed by atoms with van der Waals surface area (Å²) in [7, 11) is 0. The molecular formula is C15H13ClO. The van der Waals surface area contributed by atoms with E-state index in [0.29, 0.717) is 10.9 Å². The molecule has 1 aliphatic rings. The SMILES string of the molecule is O[C@@H]1CC(c2ccccc2)c2ccc(Cl)cc21. The molecule has 0 bridgehead atoms. The van der Waals surface area contributed by atoms with Gasteiger partial charge in [0.2, 0.25) is 0 Å². The minimum atomic E-state index is -0.395. The molecule has 0 heterocycles. The molecule has 0 amide bonds. The van der Waals surface area contributed by atoms with Gasteiger partial charge in [-0.1, -0.05) is 48.0 Å². The molecule has 2 aromatic rings.